The number of carbonyl (C=O) groups is 1. The van der Waals surface area contributed by atoms with E-state index in [1.165, 1.54) is 36.0 Å². The van der Waals surface area contributed by atoms with Crippen molar-refractivity contribution in [3.63, 3.8) is 0 Å². The van der Waals surface area contributed by atoms with Crippen LogP contribution in [0.15, 0.2) is 75.6 Å². The van der Waals surface area contributed by atoms with Crippen LogP contribution in [0.25, 0.3) is 0 Å². The van der Waals surface area contributed by atoms with Crippen molar-refractivity contribution < 1.29 is 32.2 Å². The highest BCUT2D eigenvalue weighted by Gasteiger charge is 2.17. The predicted molar refractivity (Wildman–Crippen MR) is 119 cm³/mol. The van der Waals surface area contributed by atoms with Gasteiger partial charge in [0.05, 0.1) is 10.5 Å². The SMILES string of the molecule is NS(=O)(=O)c1ccc(OCCOC(=O)c2cccnc2Sc2ccc3c(c2)OCCO3)cc1. The Morgan fingerprint density at radius 3 is 2.55 bits per heavy atom. The van der Waals surface area contributed by atoms with Gasteiger partial charge in [-0.05, 0) is 54.6 Å². The summed E-state index contributed by atoms with van der Waals surface area (Å²) in [5.74, 6) is 1.23. The Labute approximate surface area is 194 Å². The first-order chi connectivity index (χ1) is 15.9. The fraction of sp³-hybridized carbons (Fsp3) is 0.182. The zero-order chi connectivity index (χ0) is 23.3. The first-order valence-electron chi connectivity index (χ1n) is 9.85. The summed E-state index contributed by atoms with van der Waals surface area (Å²) in [6.45, 7) is 1.09. The van der Waals surface area contributed by atoms with E-state index in [2.05, 4.69) is 4.98 Å². The Hall–Kier alpha value is -3.28. The molecule has 1 aliphatic rings. The molecule has 0 fully saturated rings. The maximum Gasteiger partial charge on any atom is 0.341 e. The number of fused-ring (bicyclic) bond motifs is 1. The number of hydrogen-bond acceptors (Lipinski definition) is 9. The maximum absolute atomic E-state index is 12.6. The quantitative estimate of drug-likeness (QED) is 0.376. The van der Waals surface area contributed by atoms with Gasteiger partial charge in [0.1, 0.15) is 37.2 Å². The summed E-state index contributed by atoms with van der Waals surface area (Å²) in [7, 11) is -3.76. The molecule has 0 atom stereocenters. The molecule has 2 heterocycles. The van der Waals surface area contributed by atoms with Crippen LogP contribution in [0.3, 0.4) is 0 Å². The van der Waals surface area contributed by atoms with Crippen molar-refractivity contribution >= 4 is 27.8 Å². The van der Waals surface area contributed by atoms with Crippen LogP contribution in [0, 0.1) is 0 Å². The third-order valence-corrected chi connectivity index (χ3v) is 6.39. The van der Waals surface area contributed by atoms with Gasteiger partial charge >= 0.3 is 5.97 Å². The standard InChI is InChI=1S/C22H20N2O7S2/c23-33(26,27)17-6-3-15(4-7-17)28-10-13-31-22(25)18-2-1-9-24-21(18)32-16-5-8-19-20(14-16)30-12-11-29-19/h1-9,14H,10-13H2,(H2,23,26,27). The highest BCUT2D eigenvalue weighted by molar-refractivity contribution is 7.99. The van der Waals surface area contributed by atoms with Crippen LogP contribution in [0.1, 0.15) is 10.4 Å². The number of ether oxygens (including phenoxy) is 4. The van der Waals surface area contributed by atoms with Crippen molar-refractivity contribution in [2.75, 3.05) is 26.4 Å². The molecule has 0 saturated heterocycles. The number of carbonyl (C=O) groups excluding carboxylic acids is 1. The molecular formula is C22H20N2O7S2. The molecule has 0 saturated carbocycles. The summed E-state index contributed by atoms with van der Waals surface area (Å²) in [5.41, 5.74) is 0.329. The van der Waals surface area contributed by atoms with Crippen molar-refractivity contribution in [3.8, 4) is 17.2 Å². The van der Waals surface area contributed by atoms with Crippen LogP contribution >= 0.6 is 11.8 Å². The molecule has 1 aromatic heterocycles. The number of nitrogens with two attached hydrogens (primary N) is 1. The van der Waals surface area contributed by atoms with Crippen molar-refractivity contribution in [2.45, 2.75) is 14.8 Å². The van der Waals surface area contributed by atoms with E-state index in [0.29, 0.717) is 41.1 Å². The molecule has 4 rings (SSSR count). The number of nitrogens with zero attached hydrogens (tertiary/aromatic N) is 1. The van der Waals surface area contributed by atoms with Gasteiger partial charge in [-0.25, -0.2) is 23.3 Å². The fourth-order valence-electron chi connectivity index (χ4n) is 2.92. The highest BCUT2D eigenvalue weighted by Crippen LogP contribution is 2.37. The van der Waals surface area contributed by atoms with Crippen LogP contribution in [0.4, 0.5) is 0 Å². The molecular weight excluding hydrogens is 468 g/mol. The lowest BCUT2D eigenvalue weighted by Gasteiger charge is -2.18. The van der Waals surface area contributed by atoms with Crippen molar-refractivity contribution in [3.05, 3.63) is 66.4 Å². The van der Waals surface area contributed by atoms with E-state index in [-0.39, 0.29) is 18.1 Å². The maximum atomic E-state index is 12.6. The van der Waals surface area contributed by atoms with Gasteiger partial charge < -0.3 is 18.9 Å². The van der Waals surface area contributed by atoms with Gasteiger partial charge in [-0.15, -0.1) is 0 Å². The zero-order valence-corrected chi connectivity index (χ0v) is 18.9. The van der Waals surface area contributed by atoms with Crippen LogP contribution in [0.2, 0.25) is 0 Å². The Bertz CT molecular complexity index is 1250. The molecule has 33 heavy (non-hydrogen) atoms. The second kappa shape index (κ2) is 10.1. The smallest absolute Gasteiger partial charge is 0.341 e. The second-order valence-corrected chi connectivity index (χ2v) is 9.39. The minimum atomic E-state index is -3.76. The monoisotopic (exact) mass is 488 g/mol. The minimum Gasteiger partial charge on any atom is -0.490 e. The Morgan fingerprint density at radius 1 is 1.03 bits per heavy atom. The fourth-order valence-corrected chi connectivity index (χ4v) is 4.34. The number of benzene rings is 2. The molecule has 9 nitrogen and oxygen atoms in total. The zero-order valence-electron chi connectivity index (χ0n) is 17.3. The molecule has 3 aromatic rings. The third kappa shape index (κ3) is 5.95. The van der Waals surface area contributed by atoms with E-state index < -0.39 is 16.0 Å². The van der Waals surface area contributed by atoms with E-state index in [9.17, 15) is 13.2 Å². The Morgan fingerprint density at radius 2 is 1.79 bits per heavy atom. The van der Waals surface area contributed by atoms with Crippen molar-refractivity contribution in [1.29, 1.82) is 0 Å². The van der Waals surface area contributed by atoms with Crippen LogP contribution < -0.4 is 19.3 Å². The summed E-state index contributed by atoms with van der Waals surface area (Å²) < 4.78 is 44.5. The van der Waals surface area contributed by atoms with E-state index in [4.69, 9.17) is 24.1 Å². The number of hydrogen-bond donors (Lipinski definition) is 1. The lowest BCUT2D eigenvalue weighted by Crippen LogP contribution is -2.15. The summed E-state index contributed by atoms with van der Waals surface area (Å²) >= 11 is 1.32. The predicted octanol–water partition coefficient (Wildman–Crippen LogP) is 2.89. The molecule has 2 aromatic carbocycles. The number of rotatable bonds is 8. The summed E-state index contributed by atoms with van der Waals surface area (Å²) in [5, 5.41) is 5.56. The normalized spacial score (nSPS) is 12.8. The summed E-state index contributed by atoms with van der Waals surface area (Å²) in [4.78, 5) is 17.7. The third-order valence-electron chi connectivity index (χ3n) is 4.46. The van der Waals surface area contributed by atoms with E-state index in [1.54, 1.807) is 18.3 Å². The average Bonchev–Trinajstić information content (AvgIpc) is 2.82. The average molecular weight is 489 g/mol. The van der Waals surface area contributed by atoms with Gasteiger partial charge in [0.15, 0.2) is 11.5 Å². The molecule has 0 bridgehead atoms. The number of sulfonamides is 1. The summed E-state index contributed by atoms with van der Waals surface area (Å²) in [6.07, 6.45) is 1.60. The Balaban J connectivity index is 1.33. The van der Waals surface area contributed by atoms with Gasteiger partial charge in [0.2, 0.25) is 10.0 Å². The molecule has 11 heteroatoms. The number of aromatic nitrogens is 1. The van der Waals surface area contributed by atoms with Crippen molar-refractivity contribution in [1.82, 2.24) is 4.98 Å². The molecule has 172 valence electrons. The van der Waals surface area contributed by atoms with Gasteiger partial charge in [-0.2, -0.15) is 0 Å². The summed E-state index contributed by atoms with van der Waals surface area (Å²) in [6, 6.07) is 14.5. The van der Waals surface area contributed by atoms with Crippen LogP contribution in [-0.4, -0.2) is 45.8 Å². The highest BCUT2D eigenvalue weighted by atomic mass is 32.2. The number of pyridine rings is 1. The van der Waals surface area contributed by atoms with E-state index in [0.717, 1.165) is 4.90 Å². The van der Waals surface area contributed by atoms with Crippen molar-refractivity contribution in [2.24, 2.45) is 5.14 Å². The molecule has 0 unspecified atom stereocenters. The van der Waals surface area contributed by atoms with Gasteiger partial charge in [0.25, 0.3) is 0 Å². The Kier molecular flexibility index (Phi) is 7.02. The van der Waals surface area contributed by atoms with E-state index in [1.807, 2.05) is 18.2 Å². The molecule has 0 amide bonds. The van der Waals surface area contributed by atoms with Gasteiger partial charge in [-0.3, -0.25) is 0 Å². The molecule has 0 spiro atoms. The lowest BCUT2D eigenvalue weighted by atomic mass is 10.3. The molecule has 2 N–H and O–H groups in total. The number of primary sulfonamides is 1. The van der Waals surface area contributed by atoms with Crippen LogP contribution in [0.5, 0.6) is 17.2 Å². The first kappa shape index (κ1) is 22.9. The topological polar surface area (TPSA) is 127 Å². The molecule has 0 radical (unpaired) electrons. The minimum absolute atomic E-state index is 0.00119. The second-order valence-electron chi connectivity index (χ2n) is 6.76. The van der Waals surface area contributed by atoms with E-state index >= 15 is 0 Å². The largest absolute Gasteiger partial charge is 0.490 e. The molecule has 1 aliphatic heterocycles. The lowest BCUT2D eigenvalue weighted by molar-refractivity contribution is 0.0445. The first-order valence-corrected chi connectivity index (χ1v) is 12.2. The van der Waals surface area contributed by atoms with Gasteiger partial charge in [-0.1, -0.05) is 11.8 Å². The van der Waals surface area contributed by atoms with Gasteiger partial charge in [0, 0.05) is 11.1 Å². The number of esters is 1. The molecule has 0 aliphatic carbocycles. The van der Waals surface area contributed by atoms with Crippen LogP contribution in [-0.2, 0) is 14.8 Å².